The molecular weight excluding hydrogens is 271 g/mol. The molecule has 1 aromatic carbocycles. The molecule has 1 aromatic rings. The van der Waals surface area contributed by atoms with Gasteiger partial charge in [0, 0.05) is 19.2 Å². The lowest BCUT2D eigenvalue weighted by atomic mass is 10.2. The molecule has 0 atom stereocenters. The summed E-state index contributed by atoms with van der Waals surface area (Å²) in [6.07, 6.45) is 1.59. The lowest BCUT2D eigenvalue weighted by Crippen LogP contribution is -2.33. The fourth-order valence-electron chi connectivity index (χ4n) is 1.52. The van der Waals surface area contributed by atoms with E-state index in [1.807, 2.05) is 6.92 Å². The highest BCUT2D eigenvalue weighted by Crippen LogP contribution is 2.21. The number of nitrogens with zero attached hydrogens (tertiary/aromatic N) is 1. The van der Waals surface area contributed by atoms with Crippen molar-refractivity contribution < 1.29 is 17.9 Å². The fourth-order valence-corrected chi connectivity index (χ4v) is 2.53. The Kier molecular flexibility index (Phi) is 5.71. The number of unbranched alkanes of at least 4 members (excludes halogenated alkanes) is 1. The van der Waals surface area contributed by atoms with E-state index in [1.165, 1.54) is 19.2 Å². The fraction of sp³-hybridized carbons (Fsp3) is 0.500. The molecule has 0 heterocycles. The number of halogens is 1. The number of benzene rings is 1. The third kappa shape index (κ3) is 4.15. The summed E-state index contributed by atoms with van der Waals surface area (Å²) in [5.41, 5.74) is 0.000755. The molecule has 0 spiro atoms. The molecule has 0 saturated heterocycles. The van der Waals surface area contributed by atoms with Crippen molar-refractivity contribution in [2.45, 2.75) is 26.4 Å². The van der Waals surface area contributed by atoms with Gasteiger partial charge >= 0.3 is 10.2 Å². The van der Waals surface area contributed by atoms with Gasteiger partial charge in [-0.15, -0.1) is 0 Å². The van der Waals surface area contributed by atoms with Crippen LogP contribution in [0, 0.1) is 5.82 Å². The van der Waals surface area contributed by atoms with E-state index in [0.717, 1.165) is 23.2 Å². The number of anilines is 1. The molecule has 0 radical (unpaired) electrons. The van der Waals surface area contributed by atoms with Gasteiger partial charge in [0.15, 0.2) is 0 Å². The Morgan fingerprint density at radius 1 is 1.42 bits per heavy atom. The Labute approximate surface area is 113 Å². The van der Waals surface area contributed by atoms with E-state index >= 15 is 0 Å². The van der Waals surface area contributed by atoms with E-state index in [1.54, 1.807) is 0 Å². The number of para-hydroxylation sites is 1. The van der Waals surface area contributed by atoms with Gasteiger partial charge in [-0.3, -0.25) is 4.72 Å². The standard InChI is InChI=1S/C12H19FN2O3S/c1-3-4-8-15(2)19(17,18)14-12-10(9-16)6-5-7-11(12)13/h5-7,14,16H,3-4,8-9H2,1-2H3. The lowest BCUT2D eigenvalue weighted by molar-refractivity contribution is 0.282. The van der Waals surface area contributed by atoms with E-state index in [0.29, 0.717) is 6.54 Å². The van der Waals surface area contributed by atoms with Crippen LogP contribution in [-0.4, -0.2) is 31.4 Å². The van der Waals surface area contributed by atoms with E-state index in [-0.39, 0.29) is 11.3 Å². The molecule has 0 aliphatic carbocycles. The number of rotatable bonds is 7. The average molecular weight is 290 g/mol. The highest BCUT2D eigenvalue weighted by atomic mass is 32.2. The SMILES string of the molecule is CCCCN(C)S(=O)(=O)Nc1c(F)cccc1CO. The van der Waals surface area contributed by atoms with Crippen LogP contribution in [0.4, 0.5) is 10.1 Å². The number of nitrogens with one attached hydrogen (secondary N) is 1. The zero-order valence-electron chi connectivity index (χ0n) is 11.1. The second kappa shape index (κ2) is 6.83. The van der Waals surface area contributed by atoms with E-state index < -0.39 is 22.6 Å². The Morgan fingerprint density at radius 3 is 2.68 bits per heavy atom. The minimum absolute atomic E-state index is 0.201. The summed E-state index contributed by atoms with van der Waals surface area (Å²) < 4.78 is 40.9. The molecule has 0 amide bonds. The second-order valence-electron chi connectivity index (χ2n) is 4.21. The van der Waals surface area contributed by atoms with E-state index in [4.69, 9.17) is 5.11 Å². The lowest BCUT2D eigenvalue weighted by Gasteiger charge is -2.19. The first-order valence-electron chi connectivity index (χ1n) is 6.04. The molecule has 7 heteroatoms. The summed E-state index contributed by atoms with van der Waals surface area (Å²) in [7, 11) is -2.38. The topological polar surface area (TPSA) is 69.6 Å². The van der Waals surface area contributed by atoms with Gasteiger partial charge in [-0.1, -0.05) is 25.5 Å². The Hall–Kier alpha value is -1.18. The van der Waals surface area contributed by atoms with Gasteiger partial charge in [0.25, 0.3) is 0 Å². The first-order valence-corrected chi connectivity index (χ1v) is 7.48. The molecule has 108 valence electrons. The molecule has 0 aromatic heterocycles. The minimum Gasteiger partial charge on any atom is -0.392 e. The molecular formula is C12H19FN2O3S. The highest BCUT2D eigenvalue weighted by Gasteiger charge is 2.20. The monoisotopic (exact) mass is 290 g/mol. The Morgan fingerprint density at radius 2 is 2.11 bits per heavy atom. The molecule has 0 aliphatic rings. The van der Waals surface area contributed by atoms with E-state index in [2.05, 4.69) is 4.72 Å². The van der Waals surface area contributed by atoms with Gasteiger partial charge in [0.05, 0.1) is 12.3 Å². The van der Waals surface area contributed by atoms with Crippen LogP contribution < -0.4 is 4.72 Å². The van der Waals surface area contributed by atoms with Crippen LogP contribution in [0.15, 0.2) is 18.2 Å². The minimum atomic E-state index is -3.81. The van der Waals surface area contributed by atoms with Crippen molar-refractivity contribution in [3.8, 4) is 0 Å². The van der Waals surface area contributed by atoms with Gasteiger partial charge in [0.2, 0.25) is 0 Å². The van der Waals surface area contributed by atoms with Crippen molar-refractivity contribution in [1.29, 1.82) is 0 Å². The molecule has 5 nitrogen and oxygen atoms in total. The summed E-state index contributed by atoms with van der Waals surface area (Å²) in [6, 6.07) is 4.02. The molecule has 0 unspecified atom stereocenters. The third-order valence-corrected chi connectivity index (χ3v) is 4.20. The number of hydrogen-bond donors (Lipinski definition) is 2. The van der Waals surface area contributed by atoms with Gasteiger partial charge in [-0.2, -0.15) is 12.7 Å². The van der Waals surface area contributed by atoms with Crippen LogP contribution in [0.1, 0.15) is 25.3 Å². The van der Waals surface area contributed by atoms with Crippen LogP contribution >= 0.6 is 0 Å². The van der Waals surface area contributed by atoms with E-state index in [9.17, 15) is 12.8 Å². The maximum absolute atomic E-state index is 13.6. The molecule has 0 saturated carbocycles. The van der Waals surface area contributed by atoms with Crippen LogP contribution in [-0.2, 0) is 16.8 Å². The van der Waals surface area contributed by atoms with Crippen LogP contribution in [0.25, 0.3) is 0 Å². The van der Waals surface area contributed by atoms with Gasteiger partial charge in [0.1, 0.15) is 5.82 Å². The first-order chi connectivity index (χ1) is 8.92. The van der Waals surface area contributed by atoms with Crippen molar-refractivity contribution in [3.05, 3.63) is 29.6 Å². The third-order valence-electron chi connectivity index (χ3n) is 2.74. The molecule has 19 heavy (non-hydrogen) atoms. The van der Waals surface area contributed by atoms with Gasteiger partial charge in [-0.05, 0) is 12.5 Å². The van der Waals surface area contributed by atoms with Crippen LogP contribution in [0.3, 0.4) is 0 Å². The first kappa shape index (κ1) is 15.9. The average Bonchev–Trinajstić information content (AvgIpc) is 2.38. The second-order valence-corrected chi connectivity index (χ2v) is 5.99. The summed E-state index contributed by atoms with van der Waals surface area (Å²) in [5.74, 6) is -0.709. The molecule has 2 N–H and O–H groups in total. The molecule has 0 bridgehead atoms. The van der Waals surface area contributed by atoms with Gasteiger partial charge in [-0.25, -0.2) is 4.39 Å². The van der Waals surface area contributed by atoms with Gasteiger partial charge < -0.3 is 5.11 Å². The number of hydrogen-bond acceptors (Lipinski definition) is 3. The van der Waals surface area contributed by atoms with Crippen molar-refractivity contribution in [2.24, 2.45) is 0 Å². The normalized spacial score (nSPS) is 11.8. The maximum Gasteiger partial charge on any atom is 0.301 e. The van der Waals surface area contributed by atoms with Crippen molar-refractivity contribution in [3.63, 3.8) is 0 Å². The number of aliphatic hydroxyl groups excluding tert-OH is 1. The van der Waals surface area contributed by atoms with Crippen LogP contribution in [0.5, 0.6) is 0 Å². The Balaban J connectivity index is 2.95. The largest absolute Gasteiger partial charge is 0.392 e. The molecule has 0 aliphatic heterocycles. The summed E-state index contributed by atoms with van der Waals surface area (Å²) >= 11 is 0. The quantitative estimate of drug-likeness (QED) is 0.803. The summed E-state index contributed by atoms with van der Waals surface area (Å²) in [4.78, 5) is 0. The van der Waals surface area contributed by atoms with Crippen molar-refractivity contribution in [2.75, 3.05) is 18.3 Å². The smallest absolute Gasteiger partial charge is 0.301 e. The zero-order chi connectivity index (χ0) is 14.5. The number of aliphatic hydroxyl groups is 1. The Bertz CT molecular complexity index is 520. The van der Waals surface area contributed by atoms with Crippen molar-refractivity contribution in [1.82, 2.24) is 4.31 Å². The summed E-state index contributed by atoms with van der Waals surface area (Å²) in [6.45, 7) is 1.87. The molecule has 0 fully saturated rings. The maximum atomic E-state index is 13.6. The predicted octanol–water partition coefficient (Wildman–Crippen LogP) is 1.71. The highest BCUT2D eigenvalue weighted by molar-refractivity contribution is 7.90. The molecule has 1 rings (SSSR count). The van der Waals surface area contributed by atoms with Crippen LogP contribution in [0.2, 0.25) is 0 Å². The predicted molar refractivity (Wildman–Crippen MR) is 72.4 cm³/mol. The summed E-state index contributed by atoms with van der Waals surface area (Å²) in [5, 5.41) is 9.10. The van der Waals surface area contributed by atoms with Crippen molar-refractivity contribution >= 4 is 15.9 Å². The zero-order valence-corrected chi connectivity index (χ0v) is 11.9.